The summed E-state index contributed by atoms with van der Waals surface area (Å²) in [5.41, 5.74) is 0.514. The van der Waals surface area contributed by atoms with Crippen molar-refractivity contribution in [1.29, 1.82) is 0 Å². The van der Waals surface area contributed by atoms with Gasteiger partial charge in [-0.2, -0.15) is 5.10 Å². The summed E-state index contributed by atoms with van der Waals surface area (Å²) in [5, 5.41) is 16.4. The van der Waals surface area contributed by atoms with Gasteiger partial charge in [0.1, 0.15) is 5.82 Å². The molecule has 134 valence electrons. The Morgan fingerprint density at radius 1 is 1.24 bits per heavy atom. The molecular weight excluding hydrogens is 325 g/mol. The highest BCUT2D eigenvalue weighted by molar-refractivity contribution is 5.94. The number of aliphatic carboxylic acids is 1. The van der Waals surface area contributed by atoms with Gasteiger partial charge in [0.05, 0.1) is 11.1 Å². The Labute approximate surface area is 145 Å². The number of amides is 1. The fourth-order valence-corrected chi connectivity index (χ4v) is 2.62. The van der Waals surface area contributed by atoms with Gasteiger partial charge in [-0.25, -0.2) is 9.07 Å². The van der Waals surface area contributed by atoms with Crippen molar-refractivity contribution in [3.8, 4) is 5.69 Å². The maximum atomic E-state index is 13.0. The number of halogens is 1. The van der Waals surface area contributed by atoms with Crippen LogP contribution < -0.4 is 5.32 Å². The maximum absolute atomic E-state index is 13.0. The second-order valence-electron chi connectivity index (χ2n) is 6.06. The number of benzene rings is 1. The summed E-state index contributed by atoms with van der Waals surface area (Å²) >= 11 is 0. The number of hydrogen-bond acceptors (Lipinski definition) is 3. The molecule has 6 nitrogen and oxygen atoms in total. The van der Waals surface area contributed by atoms with E-state index in [0.717, 1.165) is 0 Å². The molecule has 0 fully saturated rings. The highest BCUT2D eigenvalue weighted by Crippen LogP contribution is 2.26. The van der Waals surface area contributed by atoms with Gasteiger partial charge < -0.3 is 10.4 Å². The van der Waals surface area contributed by atoms with Gasteiger partial charge in [-0.05, 0) is 44.0 Å². The number of nitrogens with one attached hydrogen (secondary N) is 1. The first-order chi connectivity index (χ1) is 11.8. The van der Waals surface area contributed by atoms with Crippen LogP contribution in [0.4, 0.5) is 4.39 Å². The van der Waals surface area contributed by atoms with Gasteiger partial charge in [0, 0.05) is 18.3 Å². The number of aromatic nitrogens is 2. The van der Waals surface area contributed by atoms with Gasteiger partial charge in [0.15, 0.2) is 5.69 Å². The van der Waals surface area contributed by atoms with Crippen molar-refractivity contribution in [3.63, 3.8) is 0 Å². The van der Waals surface area contributed by atoms with Gasteiger partial charge >= 0.3 is 5.97 Å². The molecule has 0 spiro atoms. The molecule has 0 bridgehead atoms. The Balaban J connectivity index is 2.17. The van der Waals surface area contributed by atoms with Crippen LogP contribution in [0.15, 0.2) is 30.5 Å². The lowest BCUT2D eigenvalue weighted by Gasteiger charge is -2.26. The van der Waals surface area contributed by atoms with Gasteiger partial charge in [0.2, 0.25) is 0 Å². The summed E-state index contributed by atoms with van der Waals surface area (Å²) in [6, 6.07) is 5.76. The Hall–Kier alpha value is -2.70. The molecule has 0 unspecified atom stereocenters. The Bertz CT molecular complexity index is 764. The predicted octanol–water partition coefficient (Wildman–Crippen LogP) is 2.94. The maximum Gasteiger partial charge on any atom is 0.311 e. The van der Waals surface area contributed by atoms with Gasteiger partial charge in [-0.15, -0.1) is 0 Å². The summed E-state index contributed by atoms with van der Waals surface area (Å²) in [6.07, 6.45) is 2.51. The average molecular weight is 347 g/mol. The highest BCUT2D eigenvalue weighted by atomic mass is 19.1. The molecule has 0 radical (unpaired) electrons. The quantitative estimate of drug-likeness (QED) is 0.806. The van der Waals surface area contributed by atoms with Crippen LogP contribution in [-0.4, -0.2) is 33.3 Å². The lowest BCUT2D eigenvalue weighted by molar-refractivity contribution is -0.149. The Morgan fingerprint density at radius 3 is 2.36 bits per heavy atom. The van der Waals surface area contributed by atoms with Crippen molar-refractivity contribution in [2.24, 2.45) is 5.41 Å². The minimum atomic E-state index is -0.983. The third-order valence-corrected chi connectivity index (χ3v) is 4.60. The number of carboxylic acid groups (broad SMARTS) is 1. The SMILES string of the molecule is CCC(CC)(CNC(=O)c1nn(-c2ccc(F)cc2)cc1C)C(=O)O. The van der Waals surface area contributed by atoms with Crippen molar-refractivity contribution >= 4 is 11.9 Å². The van der Waals surface area contributed by atoms with E-state index in [-0.39, 0.29) is 18.1 Å². The molecule has 0 aliphatic carbocycles. The number of rotatable bonds is 7. The van der Waals surface area contributed by atoms with Crippen LogP contribution in [0.1, 0.15) is 42.7 Å². The average Bonchev–Trinajstić information content (AvgIpc) is 2.98. The Kier molecular flexibility index (Phi) is 5.56. The molecular formula is C18H22FN3O3. The lowest BCUT2D eigenvalue weighted by atomic mass is 9.82. The zero-order valence-corrected chi connectivity index (χ0v) is 14.5. The Morgan fingerprint density at radius 2 is 1.84 bits per heavy atom. The number of carboxylic acids is 1. The van der Waals surface area contributed by atoms with Crippen LogP contribution in [0.5, 0.6) is 0 Å². The molecule has 1 aromatic heterocycles. The minimum absolute atomic E-state index is 0.0387. The summed E-state index contributed by atoms with van der Waals surface area (Å²) in [6.45, 7) is 5.36. The fourth-order valence-electron chi connectivity index (χ4n) is 2.62. The van der Waals surface area contributed by atoms with E-state index < -0.39 is 17.3 Å². The molecule has 2 rings (SSSR count). The van der Waals surface area contributed by atoms with Gasteiger partial charge in [0.25, 0.3) is 5.91 Å². The van der Waals surface area contributed by atoms with E-state index >= 15 is 0 Å². The lowest BCUT2D eigenvalue weighted by Crippen LogP contribution is -2.42. The number of nitrogens with zero attached hydrogens (tertiary/aromatic N) is 2. The van der Waals surface area contributed by atoms with Crippen molar-refractivity contribution in [2.45, 2.75) is 33.6 Å². The molecule has 1 amide bonds. The highest BCUT2D eigenvalue weighted by Gasteiger charge is 2.35. The molecule has 0 aliphatic rings. The van der Waals surface area contributed by atoms with Crippen LogP contribution in [-0.2, 0) is 4.79 Å². The van der Waals surface area contributed by atoms with Crippen LogP contribution in [0, 0.1) is 18.2 Å². The molecule has 0 atom stereocenters. The monoisotopic (exact) mass is 347 g/mol. The first-order valence-electron chi connectivity index (χ1n) is 8.16. The molecule has 1 heterocycles. The fraction of sp³-hybridized carbons (Fsp3) is 0.389. The van der Waals surface area contributed by atoms with Crippen LogP contribution in [0.2, 0.25) is 0 Å². The normalized spacial score (nSPS) is 11.4. The van der Waals surface area contributed by atoms with Crippen molar-refractivity contribution in [2.75, 3.05) is 6.54 Å². The zero-order chi connectivity index (χ0) is 18.6. The second kappa shape index (κ2) is 7.46. The predicted molar refractivity (Wildman–Crippen MR) is 91.2 cm³/mol. The molecule has 25 heavy (non-hydrogen) atoms. The number of aryl methyl sites for hydroxylation is 1. The van der Waals surface area contributed by atoms with Gasteiger partial charge in [-0.3, -0.25) is 9.59 Å². The van der Waals surface area contributed by atoms with E-state index in [2.05, 4.69) is 10.4 Å². The summed E-state index contributed by atoms with van der Waals surface area (Å²) < 4.78 is 14.5. The number of carbonyl (C=O) groups is 2. The van der Waals surface area contributed by atoms with E-state index in [1.165, 1.54) is 16.8 Å². The van der Waals surface area contributed by atoms with Crippen LogP contribution >= 0.6 is 0 Å². The summed E-state index contributed by atoms with van der Waals surface area (Å²) in [7, 11) is 0. The molecule has 0 aliphatic heterocycles. The van der Waals surface area contributed by atoms with E-state index in [9.17, 15) is 19.1 Å². The molecule has 2 aromatic rings. The number of carbonyl (C=O) groups excluding carboxylic acids is 1. The van der Waals surface area contributed by atoms with Crippen molar-refractivity contribution in [1.82, 2.24) is 15.1 Å². The molecule has 7 heteroatoms. The van der Waals surface area contributed by atoms with Crippen LogP contribution in [0.25, 0.3) is 5.69 Å². The molecule has 2 N–H and O–H groups in total. The van der Waals surface area contributed by atoms with E-state index in [1.807, 2.05) is 0 Å². The molecule has 0 saturated heterocycles. The summed E-state index contributed by atoms with van der Waals surface area (Å²) in [4.78, 5) is 23.9. The van der Waals surface area contributed by atoms with E-state index in [4.69, 9.17) is 0 Å². The molecule has 1 aromatic carbocycles. The molecule has 0 saturated carbocycles. The third-order valence-electron chi connectivity index (χ3n) is 4.60. The van der Waals surface area contributed by atoms with Crippen LogP contribution in [0.3, 0.4) is 0 Å². The zero-order valence-electron chi connectivity index (χ0n) is 14.5. The van der Waals surface area contributed by atoms with Crippen molar-refractivity contribution in [3.05, 3.63) is 47.5 Å². The first-order valence-corrected chi connectivity index (χ1v) is 8.16. The standard InChI is InChI=1S/C18H22FN3O3/c1-4-18(5-2,17(24)25)11-20-16(23)15-12(3)10-22(21-15)14-8-6-13(19)7-9-14/h6-10H,4-5,11H2,1-3H3,(H,20,23)(H,24,25). The third kappa shape index (κ3) is 3.87. The minimum Gasteiger partial charge on any atom is -0.481 e. The van der Waals surface area contributed by atoms with E-state index in [0.29, 0.717) is 24.1 Å². The topological polar surface area (TPSA) is 84.2 Å². The first kappa shape index (κ1) is 18.6. The summed E-state index contributed by atoms with van der Waals surface area (Å²) in [5.74, 6) is -1.70. The largest absolute Gasteiger partial charge is 0.481 e. The van der Waals surface area contributed by atoms with E-state index in [1.54, 1.807) is 39.1 Å². The van der Waals surface area contributed by atoms with Crippen molar-refractivity contribution < 1.29 is 19.1 Å². The second-order valence-corrected chi connectivity index (χ2v) is 6.06. The number of hydrogen-bond donors (Lipinski definition) is 2. The smallest absolute Gasteiger partial charge is 0.311 e. The van der Waals surface area contributed by atoms with Gasteiger partial charge in [-0.1, -0.05) is 13.8 Å².